The fourth-order valence-corrected chi connectivity index (χ4v) is 3.82. The van der Waals surface area contributed by atoms with Gasteiger partial charge in [0.2, 0.25) is 10.0 Å². The number of rotatable bonds is 8. The molecule has 1 atom stereocenters. The maximum absolute atomic E-state index is 12.3. The lowest BCUT2D eigenvalue weighted by molar-refractivity contribution is 0.0311. The van der Waals surface area contributed by atoms with E-state index in [9.17, 15) is 8.42 Å². The van der Waals surface area contributed by atoms with Crippen LogP contribution in [0.4, 0.5) is 0 Å². The van der Waals surface area contributed by atoms with Gasteiger partial charge in [-0.15, -0.1) is 0 Å². The molecule has 0 radical (unpaired) electrons. The summed E-state index contributed by atoms with van der Waals surface area (Å²) in [6, 6.07) is 8.62. The van der Waals surface area contributed by atoms with Crippen molar-refractivity contribution in [1.82, 2.24) is 4.72 Å². The van der Waals surface area contributed by atoms with E-state index >= 15 is 0 Å². The smallest absolute Gasteiger partial charge is 0.240 e. The van der Waals surface area contributed by atoms with Gasteiger partial charge < -0.3 is 9.84 Å². The largest absolute Gasteiger partial charge is 0.394 e. The van der Waals surface area contributed by atoms with E-state index in [1.807, 2.05) is 29.8 Å². The average Bonchev–Trinajstić information content (AvgIpc) is 3.01. The van der Waals surface area contributed by atoms with Crippen molar-refractivity contribution >= 4 is 21.4 Å². The summed E-state index contributed by atoms with van der Waals surface area (Å²) in [6.45, 7) is 2.02. The number of sulfonamides is 1. The van der Waals surface area contributed by atoms with Crippen LogP contribution in [-0.4, -0.2) is 33.3 Å². The number of thiophene rings is 1. The summed E-state index contributed by atoms with van der Waals surface area (Å²) in [5.74, 6) is 0. The van der Waals surface area contributed by atoms with Crippen molar-refractivity contribution in [3.63, 3.8) is 0 Å². The van der Waals surface area contributed by atoms with Gasteiger partial charge in [0.1, 0.15) is 0 Å². The van der Waals surface area contributed by atoms with Crippen molar-refractivity contribution in [2.45, 2.75) is 17.9 Å². The Morgan fingerprint density at radius 1 is 1.36 bits per heavy atom. The van der Waals surface area contributed by atoms with Gasteiger partial charge in [0.05, 0.1) is 24.2 Å². The molecule has 0 aliphatic carbocycles. The molecule has 22 heavy (non-hydrogen) atoms. The molecule has 1 heterocycles. The van der Waals surface area contributed by atoms with Crippen LogP contribution in [0.25, 0.3) is 0 Å². The van der Waals surface area contributed by atoms with Crippen molar-refractivity contribution < 1.29 is 18.3 Å². The number of hydrogen-bond donors (Lipinski definition) is 2. The highest BCUT2D eigenvalue weighted by molar-refractivity contribution is 7.89. The fourth-order valence-electron chi connectivity index (χ4n) is 1.98. The molecule has 7 heteroatoms. The number of nitrogens with one attached hydrogen (secondary N) is 1. The van der Waals surface area contributed by atoms with Gasteiger partial charge >= 0.3 is 0 Å². The predicted octanol–water partition coefficient (Wildman–Crippen LogP) is 2.09. The first-order chi connectivity index (χ1) is 10.5. The first-order valence-electron chi connectivity index (χ1n) is 6.84. The third-order valence-corrected chi connectivity index (χ3v) is 5.21. The van der Waals surface area contributed by atoms with Crippen LogP contribution in [0.2, 0.25) is 0 Å². The Bertz CT molecular complexity index is 683. The van der Waals surface area contributed by atoms with E-state index in [1.54, 1.807) is 18.2 Å². The Labute approximate surface area is 134 Å². The van der Waals surface area contributed by atoms with Crippen molar-refractivity contribution in [3.05, 3.63) is 52.2 Å². The second-order valence-electron chi connectivity index (χ2n) is 4.81. The molecule has 0 bridgehead atoms. The average molecular weight is 341 g/mol. The third kappa shape index (κ3) is 4.62. The normalized spacial score (nSPS) is 13.2. The Morgan fingerprint density at radius 2 is 2.18 bits per heavy atom. The minimum atomic E-state index is -3.58. The molecule has 0 fully saturated rings. The molecule has 0 saturated carbocycles. The Hall–Kier alpha value is -1.25. The molecular weight excluding hydrogens is 322 g/mol. The number of aryl methyl sites for hydroxylation is 1. The maximum Gasteiger partial charge on any atom is 0.240 e. The minimum absolute atomic E-state index is 0.106. The molecule has 1 aromatic heterocycles. The lowest BCUT2D eigenvalue weighted by atomic mass is 10.2. The van der Waals surface area contributed by atoms with Crippen LogP contribution in [0.5, 0.6) is 0 Å². The summed E-state index contributed by atoms with van der Waals surface area (Å²) in [5.41, 5.74) is 1.78. The van der Waals surface area contributed by atoms with E-state index in [1.165, 1.54) is 11.3 Å². The van der Waals surface area contributed by atoms with E-state index in [4.69, 9.17) is 9.84 Å². The quantitative estimate of drug-likeness (QED) is 0.771. The van der Waals surface area contributed by atoms with E-state index in [-0.39, 0.29) is 24.7 Å². The highest BCUT2D eigenvalue weighted by Crippen LogP contribution is 2.20. The number of ether oxygens (including phenoxy) is 1. The lowest BCUT2D eigenvalue weighted by Gasteiger charge is -2.17. The van der Waals surface area contributed by atoms with Crippen molar-refractivity contribution in [2.75, 3.05) is 19.8 Å². The van der Waals surface area contributed by atoms with Gasteiger partial charge in [-0.3, -0.25) is 0 Å². The monoisotopic (exact) mass is 341 g/mol. The molecule has 2 rings (SSSR count). The highest BCUT2D eigenvalue weighted by Gasteiger charge is 2.19. The van der Waals surface area contributed by atoms with Gasteiger partial charge in [0.25, 0.3) is 0 Å². The van der Waals surface area contributed by atoms with Crippen molar-refractivity contribution in [3.8, 4) is 0 Å². The zero-order chi connectivity index (χ0) is 16.0. The Kier molecular flexibility index (Phi) is 6.10. The van der Waals surface area contributed by atoms with E-state index < -0.39 is 16.1 Å². The molecule has 2 aromatic rings. The molecule has 0 amide bonds. The van der Waals surface area contributed by atoms with Gasteiger partial charge in [-0.25, -0.2) is 13.1 Å². The number of aliphatic hydroxyl groups is 1. The SMILES string of the molecule is Cc1cccc(S(=O)(=O)NC[C@H](OCCO)c2ccsc2)c1. The molecule has 5 nitrogen and oxygen atoms in total. The first-order valence-corrected chi connectivity index (χ1v) is 9.26. The van der Waals surface area contributed by atoms with Crippen LogP contribution in [0.1, 0.15) is 17.2 Å². The topological polar surface area (TPSA) is 75.6 Å². The molecule has 2 N–H and O–H groups in total. The lowest BCUT2D eigenvalue weighted by Crippen LogP contribution is -2.30. The zero-order valence-electron chi connectivity index (χ0n) is 12.2. The second-order valence-corrected chi connectivity index (χ2v) is 7.36. The standard InChI is InChI=1S/C15H19NO4S2/c1-12-3-2-4-14(9-12)22(18,19)16-10-15(20-7-6-17)13-5-8-21-11-13/h2-5,8-9,11,15-17H,6-7,10H2,1H3/t15-/m0/s1. The summed E-state index contributed by atoms with van der Waals surface area (Å²) in [5, 5.41) is 12.7. The van der Waals surface area contributed by atoms with Crippen molar-refractivity contribution in [1.29, 1.82) is 0 Å². The number of benzene rings is 1. The van der Waals surface area contributed by atoms with E-state index in [2.05, 4.69) is 4.72 Å². The Balaban J connectivity index is 2.08. The number of hydrogen-bond acceptors (Lipinski definition) is 5. The van der Waals surface area contributed by atoms with Crippen LogP contribution in [0.15, 0.2) is 46.0 Å². The second kappa shape index (κ2) is 7.85. The zero-order valence-corrected chi connectivity index (χ0v) is 13.9. The van der Waals surface area contributed by atoms with Crippen LogP contribution in [0, 0.1) is 6.92 Å². The van der Waals surface area contributed by atoms with Gasteiger partial charge in [-0.05, 0) is 47.0 Å². The molecular formula is C15H19NO4S2. The van der Waals surface area contributed by atoms with Crippen LogP contribution in [-0.2, 0) is 14.8 Å². The van der Waals surface area contributed by atoms with Crippen LogP contribution < -0.4 is 4.72 Å². The summed E-state index contributed by atoms with van der Waals surface area (Å²) >= 11 is 1.51. The highest BCUT2D eigenvalue weighted by atomic mass is 32.2. The molecule has 120 valence electrons. The van der Waals surface area contributed by atoms with Crippen molar-refractivity contribution in [2.24, 2.45) is 0 Å². The van der Waals surface area contributed by atoms with Gasteiger partial charge in [0, 0.05) is 6.54 Å². The molecule has 0 aliphatic rings. The Morgan fingerprint density at radius 3 is 2.82 bits per heavy atom. The van der Waals surface area contributed by atoms with Gasteiger partial charge in [0.15, 0.2) is 0 Å². The summed E-state index contributed by atoms with van der Waals surface area (Å²) in [7, 11) is -3.58. The van der Waals surface area contributed by atoms with E-state index in [0.717, 1.165) is 11.1 Å². The summed E-state index contributed by atoms with van der Waals surface area (Å²) in [4.78, 5) is 0.235. The van der Waals surface area contributed by atoms with Crippen LogP contribution in [0.3, 0.4) is 0 Å². The molecule has 0 aliphatic heterocycles. The van der Waals surface area contributed by atoms with Crippen LogP contribution >= 0.6 is 11.3 Å². The summed E-state index contributed by atoms with van der Waals surface area (Å²) in [6.07, 6.45) is -0.419. The molecule has 1 aromatic carbocycles. The molecule has 0 spiro atoms. The fraction of sp³-hybridized carbons (Fsp3) is 0.333. The van der Waals surface area contributed by atoms with Gasteiger partial charge in [-0.2, -0.15) is 11.3 Å². The summed E-state index contributed by atoms with van der Waals surface area (Å²) < 4.78 is 32.7. The molecule has 0 saturated heterocycles. The maximum atomic E-state index is 12.3. The first kappa shape index (κ1) is 17.1. The molecule has 0 unspecified atom stereocenters. The predicted molar refractivity (Wildman–Crippen MR) is 86.5 cm³/mol. The van der Waals surface area contributed by atoms with E-state index in [0.29, 0.717) is 0 Å². The van der Waals surface area contributed by atoms with Gasteiger partial charge in [-0.1, -0.05) is 12.1 Å². The third-order valence-electron chi connectivity index (χ3n) is 3.08. The minimum Gasteiger partial charge on any atom is -0.394 e. The number of aliphatic hydroxyl groups excluding tert-OH is 1.